The lowest BCUT2D eigenvalue weighted by atomic mass is 9.97. The van der Waals surface area contributed by atoms with Gasteiger partial charge in [0.1, 0.15) is 12.0 Å². The molecule has 7 nitrogen and oxygen atoms in total. The molecule has 184 valence electrons. The van der Waals surface area contributed by atoms with E-state index in [1.54, 1.807) is 17.2 Å². The highest BCUT2D eigenvalue weighted by atomic mass is 35.5. The normalized spacial score (nSPS) is 21.4. The second kappa shape index (κ2) is 9.61. The zero-order valence-corrected chi connectivity index (χ0v) is 19.9. The van der Waals surface area contributed by atoms with E-state index in [0.29, 0.717) is 42.6 Å². The Morgan fingerprint density at radius 3 is 2.47 bits per heavy atom. The van der Waals surface area contributed by atoms with E-state index in [-0.39, 0.29) is 0 Å². The molecule has 2 unspecified atom stereocenters. The van der Waals surface area contributed by atoms with Gasteiger partial charge in [-0.05, 0) is 62.5 Å². The number of nitrogens with zero attached hydrogens (tertiary/aromatic N) is 5. The minimum Gasteiger partial charge on any atom is -0.349 e. The Labute approximate surface area is 202 Å². The molecule has 0 aliphatic carbocycles. The highest BCUT2D eigenvalue weighted by Gasteiger charge is 2.40. The molecule has 0 fully saturated rings. The van der Waals surface area contributed by atoms with Gasteiger partial charge in [-0.25, -0.2) is 4.98 Å². The molecule has 0 saturated heterocycles. The standard InChI is InChI=1S/C23H29ClF3N7/c1-31(2)12-13-33-19-14-32(21-18(24)4-3-10-30-21)11-9-17(19)20(28)34(22(33)29)16-7-5-15(6-8-16)23(25,26)27/h3-8,10,20,22H,9,11-14,28-29H2,1-2H3. The summed E-state index contributed by atoms with van der Waals surface area (Å²) in [5.74, 6) is 0.704. The molecule has 34 heavy (non-hydrogen) atoms. The van der Waals surface area contributed by atoms with E-state index in [4.69, 9.17) is 23.1 Å². The van der Waals surface area contributed by atoms with E-state index in [0.717, 1.165) is 29.9 Å². The Bertz CT molecular complexity index is 1040. The number of anilines is 2. The summed E-state index contributed by atoms with van der Waals surface area (Å²) in [6.07, 6.45) is -3.24. The van der Waals surface area contributed by atoms with Gasteiger partial charge in [-0.2, -0.15) is 13.2 Å². The van der Waals surface area contributed by atoms with Crippen LogP contribution in [0.25, 0.3) is 0 Å². The summed E-state index contributed by atoms with van der Waals surface area (Å²) in [6, 6.07) is 8.59. The molecule has 0 bridgehead atoms. The van der Waals surface area contributed by atoms with E-state index in [1.807, 2.05) is 20.2 Å². The Morgan fingerprint density at radius 1 is 1.15 bits per heavy atom. The average Bonchev–Trinajstić information content (AvgIpc) is 2.78. The Kier molecular flexibility index (Phi) is 6.95. The minimum absolute atomic E-state index is 0.543. The monoisotopic (exact) mass is 495 g/mol. The lowest BCUT2D eigenvalue weighted by Crippen LogP contribution is -2.66. The summed E-state index contributed by atoms with van der Waals surface area (Å²) >= 11 is 6.40. The summed E-state index contributed by atoms with van der Waals surface area (Å²) in [4.78, 5) is 12.5. The van der Waals surface area contributed by atoms with Crippen molar-refractivity contribution in [2.24, 2.45) is 11.5 Å². The number of hydrogen-bond donors (Lipinski definition) is 2. The van der Waals surface area contributed by atoms with Crippen LogP contribution in [0.15, 0.2) is 53.9 Å². The molecule has 0 radical (unpaired) electrons. The summed E-state index contributed by atoms with van der Waals surface area (Å²) in [5, 5.41) is 0.571. The topological polar surface area (TPSA) is 77.9 Å². The Hall–Kier alpha value is -2.53. The second-order valence-electron chi connectivity index (χ2n) is 8.76. The number of benzene rings is 1. The summed E-state index contributed by atoms with van der Waals surface area (Å²) in [6.45, 7) is 2.58. The maximum atomic E-state index is 13.1. The molecule has 1 aromatic carbocycles. The van der Waals surface area contributed by atoms with Crippen molar-refractivity contribution in [2.75, 3.05) is 50.1 Å². The van der Waals surface area contributed by atoms with E-state index in [2.05, 4.69) is 19.7 Å². The molecule has 2 aliphatic rings. The van der Waals surface area contributed by atoms with Crippen LogP contribution in [0.1, 0.15) is 12.0 Å². The summed E-state index contributed by atoms with van der Waals surface area (Å²) in [5.41, 5.74) is 15.3. The molecule has 2 aliphatic heterocycles. The highest BCUT2D eigenvalue weighted by Crippen LogP contribution is 2.37. The van der Waals surface area contributed by atoms with Crippen LogP contribution in [0.2, 0.25) is 5.02 Å². The highest BCUT2D eigenvalue weighted by molar-refractivity contribution is 6.32. The largest absolute Gasteiger partial charge is 0.416 e. The fraction of sp³-hybridized carbons (Fsp3) is 0.435. The zero-order valence-electron chi connectivity index (χ0n) is 19.1. The minimum atomic E-state index is -4.41. The fourth-order valence-electron chi connectivity index (χ4n) is 4.50. The van der Waals surface area contributed by atoms with Crippen LogP contribution in [0.5, 0.6) is 0 Å². The number of rotatable bonds is 5. The van der Waals surface area contributed by atoms with Gasteiger partial charge in [0.2, 0.25) is 0 Å². The smallest absolute Gasteiger partial charge is 0.349 e. The number of pyridine rings is 1. The van der Waals surface area contributed by atoms with Crippen LogP contribution in [0.3, 0.4) is 0 Å². The van der Waals surface area contributed by atoms with Gasteiger partial charge in [-0.1, -0.05) is 11.6 Å². The fourth-order valence-corrected chi connectivity index (χ4v) is 4.74. The van der Waals surface area contributed by atoms with Crippen molar-refractivity contribution in [2.45, 2.75) is 25.1 Å². The van der Waals surface area contributed by atoms with Gasteiger partial charge in [0.05, 0.1) is 17.1 Å². The van der Waals surface area contributed by atoms with E-state index in [9.17, 15) is 13.2 Å². The van der Waals surface area contributed by atoms with Crippen LogP contribution in [0, 0.1) is 0 Å². The van der Waals surface area contributed by atoms with Crippen molar-refractivity contribution in [3.63, 3.8) is 0 Å². The first-order valence-electron chi connectivity index (χ1n) is 11.0. The van der Waals surface area contributed by atoms with Crippen LogP contribution >= 0.6 is 11.6 Å². The van der Waals surface area contributed by atoms with E-state index in [1.165, 1.54) is 12.1 Å². The van der Waals surface area contributed by atoms with Gasteiger partial charge in [0.15, 0.2) is 6.29 Å². The van der Waals surface area contributed by atoms with Crippen molar-refractivity contribution in [3.05, 3.63) is 64.5 Å². The number of nitrogens with two attached hydrogens (primary N) is 2. The third kappa shape index (κ3) is 4.81. The molecule has 1 aromatic heterocycles. The van der Waals surface area contributed by atoms with Crippen LogP contribution in [-0.2, 0) is 6.18 Å². The number of likely N-dealkylation sites (N-methyl/N-ethyl adjacent to an activating group) is 1. The van der Waals surface area contributed by atoms with Gasteiger partial charge in [-0.15, -0.1) is 0 Å². The van der Waals surface area contributed by atoms with Gasteiger partial charge in [0.25, 0.3) is 0 Å². The number of aromatic nitrogens is 1. The third-order valence-corrected chi connectivity index (χ3v) is 6.58. The van der Waals surface area contributed by atoms with Crippen molar-refractivity contribution in [1.82, 2.24) is 14.8 Å². The van der Waals surface area contributed by atoms with Crippen LogP contribution < -0.4 is 21.3 Å². The van der Waals surface area contributed by atoms with Gasteiger partial charge < -0.3 is 25.3 Å². The lowest BCUT2D eigenvalue weighted by molar-refractivity contribution is -0.137. The SMILES string of the molecule is CN(C)CCN1C2=C(CCN(c3ncccc3Cl)C2)C(N)N(c2ccc(C(F)(F)F)cc2)C1N. The molecular weight excluding hydrogens is 467 g/mol. The van der Waals surface area contributed by atoms with Gasteiger partial charge in [0, 0.05) is 37.2 Å². The molecule has 0 saturated carbocycles. The molecule has 4 rings (SSSR count). The lowest BCUT2D eigenvalue weighted by Gasteiger charge is -2.52. The number of alkyl halides is 3. The van der Waals surface area contributed by atoms with Crippen molar-refractivity contribution in [3.8, 4) is 0 Å². The first kappa shape index (κ1) is 24.6. The molecule has 11 heteroatoms. The Morgan fingerprint density at radius 2 is 1.85 bits per heavy atom. The predicted molar refractivity (Wildman–Crippen MR) is 128 cm³/mol. The van der Waals surface area contributed by atoms with Crippen LogP contribution in [0.4, 0.5) is 24.7 Å². The number of hydrogen-bond acceptors (Lipinski definition) is 7. The first-order chi connectivity index (χ1) is 16.1. The quantitative estimate of drug-likeness (QED) is 0.660. The summed E-state index contributed by atoms with van der Waals surface area (Å²) < 4.78 is 39.2. The van der Waals surface area contributed by atoms with Crippen molar-refractivity contribution < 1.29 is 13.2 Å². The van der Waals surface area contributed by atoms with Gasteiger partial charge in [-0.3, -0.25) is 5.73 Å². The molecular formula is C23H29ClF3N7. The van der Waals surface area contributed by atoms with Crippen molar-refractivity contribution in [1.29, 1.82) is 0 Å². The van der Waals surface area contributed by atoms with E-state index < -0.39 is 24.2 Å². The maximum absolute atomic E-state index is 13.1. The molecule has 0 amide bonds. The predicted octanol–water partition coefficient (Wildman–Crippen LogP) is 3.13. The van der Waals surface area contributed by atoms with E-state index >= 15 is 0 Å². The summed E-state index contributed by atoms with van der Waals surface area (Å²) in [7, 11) is 3.95. The molecule has 4 N–H and O–H groups in total. The second-order valence-corrected chi connectivity index (χ2v) is 9.17. The van der Waals surface area contributed by atoms with Gasteiger partial charge >= 0.3 is 6.18 Å². The van der Waals surface area contributed by atoms with Crippen LogP contribution in [-0.4, -0.2) is 67.5 Å². The zero-order chi connectivity index (χ0) is 24.6. The molecule has 0 spiro atoms. The number of halogens is 4. The van der Waals surface area contributed by atoms with Crippen molar-refractivity contribution >= 4 is 23.1 Å². The third-order valence-electron chi connectivity index (χ3n) is 6.29. The molecule has 3 heterocycles. The maximum Gasteiger partial charge on any atom is 0.416 e. The molecule has 2 aromatic rings. The Balaban J connectivity index is 1.69. The first-order valence-corrected chi connectivity index (χ1v) is 11.4. The molecule has 2 atom stereocenters. The average molecular weight is 496 g/mol.